The van der Waals surface area contributed by atoms with Crippen LogP contribution in [0.15, 0.2) is 42.5 Å². The van der Waals surface area contributed by atoms with E-state index in [0.717, 1.165) is 0 Å². The Morgan fingerprint density at radius 3 is 2.40 bits per heavy atom. The molecule has 2 rings (SSSR count). The molecule has 0 saturated heterocycles. The van der Waals surface area contributed by atoms with Crippen molar-refractivity contribution in [2.75, 3.05) is 11.9 Å². The second-order valence-electron chi connectivity index (χ2n) is 4.96. The molecule has 0 fully saturated rings. The predicted octanol–water partition coefficient (Wildman–Crippen LogP) is 4.54. The molecule has 0 heterocycles. The van der Waals surface area contributed by atoms with Gasteiger partial charge in [-0.1, -0.05) is 29.3 Å². The summed E-state index contributed by atoms with van der Waals surface area (Å²) < 4.78 is 36.4. The van der Waals surface area contributed by atoms with Crippen molar-refractivity contribution in [3.63, 3.8) is 0 Å². The predicted molar refractivity (Wildman–Crippen MR) is 89.2 cm³/mol. The van der Waals surface area contributed by atoms with Gasteiger partial charge in [0, 0.05) is 16.3 Å². The molecule has 25 heavy (non-hydrogen) atoms. The largest absolute Gasteiger partial charge is 0.405 e. The van der Waals surface area contributed by atoms with Gasteiger partial charge in [0.15, 0.2) is 0 Å². The third kappa shape index (κ3) is 5.65. The second kappa shape index (κ2) is 7.76. The lowest BCUT2D eigenvalue weighted by molar-refractivity contribution is -0.123. The zero-order valence-electron chi connectivity index (χ0n) is 12.5. The van der Waals surface area contributed by atoms with Gasteiger partial charge < -0.3 is 10.6 Å². The Morgan fingerprint density at radius 2 is 1.72 bits per heavy atom. The molecule has 0 radical (unpaired) electrons. The van der Waals surface area contributed by atoms with E-state index in [1.54, 1.807) is 5.32 Å². The quantitative estimate of drug-likeness (QED) is 0.804. The van der Waals surface area contributed by atoms with Gasteiger partial charge in [-0.15, -0.1) is 0 Å². The Bertz CT molecular complexity index is 810. The number of rotatable bonds is 4. The number of benzene rings is 2. The molecule has 0 aromatic heterocycles. The lowest BCUT2D eigenvalue weighted by atomic mass is 10.1. The monoisotopic (exact) mass is 390 g/mol. The fraction of sp³-hybridized carbons (Fsp3) is 0.125. The maximum absolute atomic E-state index is 12.2. The highest BCUT2D eigenvalue weighted by Gasteiger charge is 2.27. The van der Waals surface area contributed by atoms with Crippen molar-refractivity contribution in [3.8, 4) is 0 Å². The molecule has 9 heteroatoms. The number of halogens is 5. The molecule has 2 aromatic carbocycles. The van der Waals surface area contributed by atoms with Gasteiger partial charge in [-0.2, -0.15) is 13.2 Å². The summed E-state index contributed by atoms with van der Waals surface area (Å²) in [5.41, 5.74) is 0.320. The van der Waals surface area contributed by atoms with Crippen molar-refractivity contribution in [1.82, 2.24) is 5.32 Å². The SMILES string of the molecule is O=C(NCC(F)(F)F)c1cccc(NC(=O)c2cc(Cl)ccc2Cl)c1. The van der Waals surface area contributed by atoms with Crippen LogP contribution < -0.4 is 10.6 Å². The van der Waals surface area contributed by atoms with Crippen LogP contribution in [0.3, 0.4) is 0 Å². The molecule has 132 valence electrons. The molecule has 2 N–H and O–H groups in total. The van der Waals surface area contributed by atoms with E-state index in [0.29, 0.717) is 5.02 Å². The summed E-state index contributed by atoms with van der Waals surface area (Å²) in [6.45, 7) is -1.44. The van der Waals surface area contributed by atoms with Crippen molar-refractivity contribution < 1.29 is 22.8 Å². The number of carbonyl (C=O) groups is 2. The van der Waals surface area contributed by atoms with Crippen LogP contribution in [0.1, 0.15) is 20.7 Å². The third-order valence-electron chi connectivity index (χ3n) is 3.01. The smallest absolute Gasteiger partial charge is 0.343 e. The van der Waals surface area contributed by atoms with Crippen molar-refractivity contribution in [2.24, 2.45) is 0 Å². The molecule has 0 spiro atoms. The van der Waals surface area contributed by atoms with Crippen LogP contribution in [0.25, 0.3) is 0 Å². The molecule has 2 amide bonds. The lowest BCUT2D eigenvalue weighted by Crippen LogP contribution is -2.33. The lowest BCUT2D eigenvalue weighted by Gasteiger charge is -2.10. The minimum Gasteiger partial charge on any atom is -0.343 e. The first-order valence-electron chi connectivity index (χ1n) is 6.87. The Labute approximate surface area is 150 Å². The molecule has 0 saturated carbocycles. The zero-order chi connectivity index (χ0) is 18.6. The summed E-state index contributed by atoms with van der Waals surface area (Å²) in [4.78, 5) is 24.0. The van der Waals surface area contributed by atoms with Gasteiger partial charge in [0.1, 0.15) is 6.54 Å². The molecule has 0 aliphatic rings. The van der Waals surface area contributed by atoms with E-state index in [9.17, 15) is 22.8 Å². The number of amides is 2. The minimum absolute atomic E-state index is 0.0285. The van der Waals surface area contributed by atoms with Gasteiger partial charge in [0.2, 0.25) is 0 Å². The van der Waals surface area contributed by atoms with E-state index < -0.39 is 24.5 Å². The van der Waals surface area contributed by atoms with Crippen LogP contribution in [-0.4, -0.2) is 24.5 Å². The standard InChI is InChI=1S/C16H11Cl2F3N2O2/c17-10-4-5-13(18)12(7-10)15(25)23-11-3-1-2-9(6-11)14(24)22-8-16(19,20)21/h1-7H,8H2,(H,22,24)(H,23,25). The van der Waals surface area contributed by atoms with Crippen LogP contribution >= 0.6 is 23.2 Å². The maximum Gasteiger partial charge on any atom is 0.405 e. The number of carbonyl (C=O) groups excluding carboxylic acids is 2. The minimum atomic E-state index is -4.51. The van der Waals surface area contributed by atoms with Crippen LogP contribution in [-0.2, 0) is 0 Å². The average Bonchev–Trinajstić information content (AvgIpc) is 2.54. The normalized spacial score (nSPS) is 11.1. The highest BCUT2D eigenvalue weighted by Crippen LogP contribution is 2.22. The van der Waals surface area contributed by atoms with E-state index in [4.69, 9.17) is 23.2 Å². The molecule has 0 aliphatic carbocycles. The van der Waals surface area contributed by atoms with Gasteiger partial charge in [0.25, 0.3) is 11.8 Å². The molecule has 0 bridgehead atoms. The van der Waals surface area contributed by atoms with E-state index in [1.165, 1.54) is 42.5 Å². The third-order valence-corrected chi connectivity index (χ3v) is 3.57. The van der Waals surface area contributed by atoms with Crippen LogP contribution in [0.2, 0.25) is 10.0 Å². The molecule has 4 nitrogen and oxygen atoms in total. The van der Waals surface area contributed by atoms with E-state index in [-0.39, 0.29) is 21.8 Å². The maximum atomic E-state index is 12.2. The summed E-state index contributed by atoms with van der Waals surface area (Å²) in [6.07, 6.45) is -4.51. The highest BCUT2D eigenvalue weighted by molar-refractivity contribution is 6.36. The number of anilines is 1. The number of nitrogens with one attached hydrogen (secondary N) is 2. The fourth-order valence-electron chi connectivity index (χ4n) is 1.89. The van der Waals surface area contributed by atoms with Gasteiger partial charge in [-0.25, -0.2) is 0 Å². The van der Waals surface area contributed by atoms with Gasteiger partial charge in [-0.3, -0.25) is 9.59 Å². The Hall–Kier alpha value is -2.25. The van der Waals surface area contributed by atoms with Crippen LogP contribution in [0, 0.1) is 0 Å². The number of hydrogen-bond donors (Lipinski definition) is 2. The van der Waals surface area contributed by atoms with E-state index in [2.05, 4.69) is 5.32 Å². The zero-order valence-corrected chi connectivity index (χ0v) is 14.0. The molecule has 0 unspecified atom stereocenters. The first kappa shape index (κ1) is 19.1. The molecule has 2 aromatic rings. The van der Waals surface area contributed by atoms with Crippen molar-refractivity contribution >= 4 is 40.7 Å². The summed E-state index contributed by atoms with van der Waals surface area (Å²) in [6, 6.07) is 9.84. The van der Waals surface area contributed by atoms with Crippen LogP contribution in [0.4, 0.5) is 18.9 Å². The van der Waals surface area contributed by atoms with Crippen LogP contribution in [0.5, 0.6) is 0 Å². The topological polar surface area (TPSA) is 58.2 Å². The van der Waals surface area contributed by atoms with E-state index >= 15 is 0 Å². The molecular weight excluding hydrogens is 380 g/mol. The summed E-state index contributed by atoms with van der Waals surface area (Å²) in [5.74, 6) is -1.48. The average molecular weight is 391 g/mol. The first-order valence-corrected chi connectivity index (χ1v) is 7.63. The molecule has 0 atom stereocenters. The Morgan fingerprint density at radius 1 is 1.00 bits per heavy atom. The summed E-state index contributed by atoms with van der Waals surface area (Å²) in [7, 11) is 0. The Balaban J connectivity index is 2.12. The van der Waals surface area contributed by atoms with Crippen molar-refractivity contribution in [3.05, 3.63) is 63.6 Å². The van der Waals surface area contributed by atoms with Gasteiger partial charge in [-0.05, 0) is 36.4 Å². The number of alkyl halides is 3. The van der Waals surface area contributed by atoms with Gasteiger partial charge in [0.05, 0.1) is 10.6 Å². The van der Waals surface area contributed by atoms with Crippen molar-refractivity contribution in [1.29, 1.82) is 0 Å². The van der Waals surface area contributed by atoms with Gasteiger partial charge >= 0.3 is 6.18 Å². The second-order valence-corrected chi connectivity index (χ2v) is 5.80. The van der Waals surface area contributed by atoms with E-state index in [1.807, 2.05) is 0 Å². The highest BCUT2D eigenvalue weighted by atomic mass is 35.5. The fourth-order valence-corrected chi connectivity index (χ4v) is 2.27. The van der Waals surface area contributed by atoms with Crippen molar-refractivity contribution in [2.45, 2.75) is 6.18 Å². The molecule has 0 aliphatic heterocycles. The summed E-state index contributed by atoms with van der Waals surface area (Å²) in [5, 5.41) is 4.76. The first-order chi connectivity index (χ1) is 11.7. The summed E-state index contributed by atoms with van der Waals surface area (Å²) >= 11 is 11.8. The number of hydrogen-bond acceptors (Lipinski definition) is 2. The molecular formula is C16H11Cl2F3N2O2. The Kier molecular flexibility index (Phi) is 5.92.